The topological polar surface area (TPSA) is 119 Å². The Bertz CT molecular complexity index is 1220. The number of aryl methyl sites for hydroxylation is 2. The normalized spacial score (nSPS) is 16.2. The molecule has 4 rings (SSSR count). The molecule has 1 aliphatic rings. The molecule has 3 aromatic rings. The van der Waals surface area contributed by atoms with Gasteiger partial charge in [-0.15, -0.1) is 0 Å². The van der Waals surface area contributed by atoms with E-state index in [0.717, 1.165) is 31.9 Å². The highest BCUT2D eigenvalue weighted by Gasteiger charge is 2.31. The highest BCUT2D eigenvalue weighted by molar-refractivity contribution is 6.34. The third-order valence-electron chi connectivity index (χ3n) is 5.28. The van der Waals surface area contributed by atoms with Crippen LogP contribution in [0.5, 0.6) is 11.6 Å². The molecule has 0 saturated carbocycles. The number of hydrogen-bond acceptors (Lipinski definition) is 8. The van der Waals surface area contributed by atoms with Gasteiger partial charge in [-0.25, -0.2) is 14.5 Å². The van der Waals surface area contributed by atoms with Crippen LogP contribution in [0.15, 0.2) is 18.3 Å². The number of fused-ring (bicyclic) bond motifs is 1. The Morgan fingerprint density at radius 1 is 1.34 bits per heavy atom. The summed E-state index contributed by atoms with van der Waals surface area (Å²) in [5, 5.41) is 17.1. The van der Waals surface area contributed by atoms with Gasteiger partial charge >= 0.3 is 17.5 Å². The molecule has 0 radical (unpaired) electrons. The van der Waals surface area contributed by atoms with Crippen LogP contribution in [-0.4, -0.2) is 39.4 Å². The maximum atomic E-state index is 12.1. The summed E-state index contributed by atoms with van der Waals surface area (Å²) in [6.45, 7) is 4.04. The molecule has 32 heavy (non-hydrogen) atoms. The molecule has 1 unspecified atom stereocenters. The summed E-state index contributed by atoms with van der Waals surface area (Å²) >= 11 is 6.54. The quantitative estimate of drug-likeness (QED) is 0.300. The molecular weight excluding hydrogens is 440 g/mol. The Hall–Kier alpha value is -3.24. The predicted octanol–water partition coefficient (Wildman–Crippen LogP) is 4.89. The van der Waals surface area contributed by atoms with Crippen molar-refractivity contribution >= 4 is 34.2 Å². The Morgan fingerprint density at radius 2 is 2.12 bits per heavy atom. The SMILES string of the molecule is COC(=O)c1cc(C)nc(Oc2c(Cl)c(C)cc3c2cnn3C2CCCCO2)c1[N+](=O)[O-]. The summed E-state index contributed by atoms with van der Waals surface area (Å²) in [5.74, 6) is -1.05. The van der Waals surface area contributed by atoms with Crippen LogP contribution in [0.25, 0.3) is 10.9 Å². The van der Waals surface area contributed by atoms with Gasteiger partial charge in [-0.3, -0.25) is 10.1 Å². The van der Waals surface area contributed by atoms with Gasteiger partial charge in [-0.1, -0.05) is 11.6 Å². The first-order valence-corrected chi connectivity index (χ1v) is 10.4. The zero-order chi connectivity index (χ0) is 23.0. The third kappa shape index (κ3) is 3.87. The maximum Gasteiger partial charge on any atom is 0.345 e. The molecule has 1 aromatic carbocycles. The Labute approximate surface area is 188 Å². The van der Waals surface area contributed by atoms with E-state index in [0.29, 0.717) is 23.3 Å². The zero-order valence-corrected chi connectivity index (χ0v) is 18.5. The number of ether oxygens (including phenoxy) is 3. The molecule has 0 aliphatic carbocycles. The Morgan fingerprint density at radius 3 is 2.78 bits per heavy atom. The summed E-state index contributed by atoms with van der Waals surface area (Å²) in [6.07, 6.45) is 4.21. The molecule has 2 aromatic heterocycles. The number of halogens is 1. The molecule has 0 N–H and O–H groups in total. The molecule has 0 bridgehead atoms. The monoisotopic (exact) mass is 460 g/mol. The van der Waals surface area contributed by atoms with Gasteiger partial charge < -0.3 is 14.2 Å². The number of nitro groups is 1. The lowest BCUT2D eigenvalue weighted by Gasteiger charge is -2.23. The van der Waals surface area contributed by atoms with Gasteiger partial charge in [0.25, 0.3) is 0 Å². The van der Waals surface area contributed by atoms with Crippen LogP contribution in [0.3, 0.4) is 0 Å². The number of esters is 1. The van der Waals surface area contributed by atoms with E-state index >= 15 is 0 Å². The van der Waals surface area contributed by atoms with Crippen molar-refractivity contribution in [3.05, 3.63) is 50.3 Å². The summed E-state index contributed by atoms with van der Waals surface area (Å²) < 4.78 is 18.2. The van der Waals surface area contributed by atoms with Crippen molar-refractivity contribution < 1.29 is 23.9 Å². The number of carbonyl (C=O) groups excluding carboxylic acids is 1. The molecule has 1 saturated heterocycles. The van der Waals surface area contributed by atoms with Crippen LogP contribution < -0.4 is 4.74 Å². The smallest absolute Gasteiger partial charge is 0.345 e. The average molecular weight is 461 g/mol. The Kier molecular flexibility index (Phi) is 5.98. The Balaban J connectivity index is 1.87. The first-order chi connectivity index (χ1) is 15.3. The molecule has 3 heterocycles. The van der Waals surface area contributed by atoms with Crippen LogP contribution in [0.2, 0.25) is 5.02 Å². The van der Waals surface area contributed by atoms with Gasteiger partial charge in [0, 0.05) is 12.3 Å². The van der Waals surface area contributed by atoms with Crippen molar-refractivity contribution in [2.75, 3.05) is 13.7 Å². The van der Waals surface area contributed by atoms with Crippen LogP contribution in [0.1, 0.15) is 47.1 Å². The van der Waals surface area contributed by atoms with E-state index in [-0.39, 0.29) is 28.4 Å². The maximum absolute atomic E-state index is 12.1. The second kappa shape index (κ2) is 8.71. The van der Waals surface area contributed by atoms with Crippen molar-refractivity contribution in [3.8, 4) is 11.6 Å². The first-order valence-electron chi connectivity index (χ1n) is 10.0. The fourth-order valence-electron chi connectivity index (χ4n) is 3.75. The molecule has 11 heteroatoms. The number of benzene rings is 1. The molecule has 10 nitrogen and oxygen atoms in total. The fourth-order valence-corrected chi connectivity index (χ4v) is 3.94. The third-order valence-corrected chi connectivity index (χ3v) is 5.75. The van der Waals surface area contributed by atoms with Gasteiger partial charge in [0.05, 0.1) is 34.2 Å². The fraction of sp³-hybridized carbons (Fsp3) is 0.381. The highest BCUT2D eigenvalue weighted by atomic mass is 35.5. The number of hydrogen-bond donors (Lipinski definition) is 0. The van der Waals surface area contributed by atoms with E-state index in [4.69, 9.17) is 25.8 Å². The number of aromatic nitrogens is 3. The standard InChI is InChI=1S/C21H21ClN4O6/c1-11-8-15-14(10-23-25(15)16-6-4-5-7-31-16)19(17(11)22)32-20-18(26(28)29)13(21(27)30-3)9-12(2)24-20/h8-10,16H,4-7H2,1-3H3. The number of pyridine rings is 1. The molecule has 168 valence electrons. The lowest BCUT2D eigenvalue weighted by molar-refractivity contribution is -0.386. The van der Waals surface area contributed by atoms with Crippen LogP contribution in [0, 0.1) is 24.0 Å². The van der Waals surface area contributed by atoms with E-state index in [1.807, 2.05) is 6.07 Å². The number of nitrogens with zero attached hydrogens (tertiary/aromatic N) is 4. The summed E-state index contributed by atoms with van der Waals surface area (Å²) in [7, 11) is 1.14. The van der Waals surface area contributed by atoms with E-state index in [9.17, 15) is 14.9 Å². The second-order valence-corrected chi connectivity index (χ2v) is 7.87. The van der Waals surface area contributed by atoms with E-state index < -0.39 is 16.6 Å². The van der Waals surface area contributed by atoms with Crippen LogP contribution >= 0.6 is 11.6 Å². The van der Waals surface area contributed by atoms with Gasteiger partial charge in [0.2, 0.25) is 0 Å². The molecule has 1 atom stereocenters. The van der Waals surface area contributed by atoms with Crippen LogP contribution in [0.4, 0.5) is 5.69 Å². The van der Waals surface area contributed by atoms with E-state index in [1.165, 1.54) is 6.07 Å². The van der Waals surface area contributed by atoms with Crippen molar-refractivity contribution in [1.29, 1.82) is 0 Å². The van der Waals surface area contributed by atoms with E-state index in [1.54, 1.807) is 24.7 Å². The van der Waals surface area contributed by atoms with Crippen molar-refractivity contribution in [1.82, 2.24) is 14.8 Å². The van der Waals surface area contributed by atoms with Crippen molar-refractivity contribution in [2.45, 2.75) is 39.3 Å². The summed E-state index contributed by atoms with van der Waals surface area (Å²) in [5.41, 5.74) is 0.896. The van der Waals surface area contributed by atoms with Gasteiger partial charge in [-0.2, -0.15) is 5.10 Å². The van der Waals surface area contributed by atoms with E-state index in [2.05, 4.69) is 10.1 Å². The second-order valence-electron chi connectivity index (χ2n) is 7.50. The van der Waals surface area contributed by atoms with Crippen molar-refractivity contribution in [3.63, 3.8) is 0 Å². The van der Waals surface area contributed by atoms with Crippen molar-refractivity contribution in [2.24, 2.45) is 0 Å². The molecule has 1 aliphatic heterocycles. The minimum Gasteiger partial charge on any atom is -0.465 e. The average Bonchev–Trinajstić information content (AvgIpc) is 3.19. The van der Waals surface area contributed by atoms with Gasteiger partial charge in [0.15, 0.2) is 12.0 Å². The summed E-state index contributed by atoms with van der Waals surface area (Å²) in [4.78, 5) is 27.4. The molecule has 0 spiro atoms. The minimum atomic E-state index is -0.866. The number of rotatable bonds is 5. The lowest BCUT2D eigenvalue weighted by atomic mass is 10.1. The number of methoxy groups -OCH3 is 1. The molecular formula is C21H21ClN4O6. The predicted molar refractivity (Wildman–Crippen MR) is 115 cm³/mol. The molecule has 0 amide bonds. The number of carbonyl (C=O) groups is 1. The van der Waals surface area contributed by atoms with Crippen LogP contribution in [-0.2, 0) is 9.47 Å². The largest absolute Gasteiger partial charge is 0.465 e. The zero-order valence-electron chi connectivity index (χ0n) is 17.8. The first kappa shape index (κ1) is 22.0. The summed E-state index contributed by atoms with van der Waals surface area (Å²) in [6, 6.07) is 3.15. The minimum absolute atomic E-state index is 0.167. The lowest BCUT2D eigenvalue weighted by Crippen LogP contribution is -2.19. The highest BCUT2D eigenvalue weighted by Crippen LogP contribution is 2.42. The van der Waals surface area contributed by atoms with Gasteiger partial charge in [0.1, 0.15) is 5.56 Å². The van der Waals surface area contributed by atoms with Gasteiger partial charge in [-0.05, 0) is 50.8 Å². The molecule has 1 fully saturated rings.